The molecular formula is C26H32N4O3S. The second-order valence-electron chi connectivity index (χ2n) is 9.15. The lowest BCUT2D eigenvalue weighted by atomic mass is 9.92. The topological polar surface area (TPSA) is 84.3 Å². The maximum atomic E-state index is 12.9. The number of rotatable bonds is 8. The first kappa shape index (κ1) is 25.4. The molecule has 1 amide bonds. The van der Waals surface area contributed by atoms with E-state index in [-0.39, 0.29) is 18.5 Å². The van der Waals surface area contributed by atoms with Gasteiger partial charge < -0.3 is 5.32 Å². The number of hydrogen-bond donors (Lipinski definition) is 1. The van der Waals surface area contributed by atoms with Crippen molar-refractivity contribution in [1.82, 2.24) is 14.1 Å². The molecule has 0 saturated heterocycles. The summed E-state index contributed by atoms with van der Waals surface area (Å²) < 4.78 is 28.5. The fourth-order valence-corrected chi connectivity index (χ4v) is 4.49. The quantitative estimate of drug-likeness (QED) is 0.505. The van der Waals surface area contributed by atoms with Crippen LogP contribution in [0.15, 0.2) is 66.1 Å². The van der Waals surface area contributed by atoms with Gasteiger partial charge in [0.2, 0.25) is 15.9 Å². The Morgan fingerprint density at radius 1 is 1.09 bits per heavy atom. The minimum Gasteiger partial charge on any atom is -0.309 e. The van der Waals surface area contributed by atoms with E-state index in [0.717, 1.165) is 32.2 Å². The van der Waals surface area contributed by atoms with Crippen molar-refractivity contribution in [2.45, 2.75) is 40.0 Å². The summed E-state index contributed by atoms with van der Waals surface area (Å²) in [5.74, 6) is 0.0570. The highest BCUT2D eigenvalue weighted by Crippen LogP contribution is 2.26. The van der Waals surface area contributed by atoms with Crippen LogP contribution in [0.4, 0.5) is 5.82 Å². The Hall–Kier alpha value is -3.23. The molecule has 0 fully saturated rings. The number of carbonyl (C=O) groups is 1. The molecule has 34 heavy (non-hydrogen) atoms. The fourth-order valence-electron chi connectivity index (χ4n) is 3.33. The number of carbonyl (C=O) groups excluding carboxylic acids is 1. The van der Waals surface area contributed by atoms with Gasteiger partial charge in [-0.15, -0.1) is 0 Å². The van der Waals surface area contributed by atoms with Crippen LogP contribution >= 0.6 is 0 Å². The monoisotopic (exact) mass is 480 g/mol. The molecule has 2 aromatic carbocycles. The Morgan fingerprint density at radius 3 is 2.41 bits per heavy atom. The van der Waals surface area contributed by atoms with Gasteiger partial charge in [-0.3, -0.25) is 4.79 Å². The van der Waals surface area contributed by atoms with E-state index in [2.05, 4.69) is 5.32 Å². The number of nitrogens with one attached hydrogen (secondary N) is 1. The molecule has 3 aromatic rings. The highest BCUT2D eigenvalue weighted by molar-refractivity contribution is 7.92. The number of benzene rings is 2. The molecule has 0 bridgehead atoms. The van der Waals surface area contributed by atoms with Crippen molar-refractivity contribution >= 4 is 27.8 Å². The highest BCUT2D eigenvalue weighted by Gasteiger charge is 2.24. The van der Waals surface area contributed by atoms with Crippen molar-refractivity contribution in [3.63, 3.8) is 0 Å². The number of aromatic nitrogens is 2. The summed E-state index contributed by atoms with van der Waals surface area (Å²) in [5.41, 5.74) is 3.24. The van der Waals surface area contributed by atoms with E-state index in [9.17, 15) is 13.2 Å². The van der Waals surface area contributed by atoms with Crippen molar-refractivity contribution in [1.29, 1.82) is 0 Å². The van der Waals surface area contributed by atoms with Gasteiger partial charge in [0.05, 0.1) is 17.9 Å². The zero-order valence-electron chi connectivity index (χ0n) is 20.3. The Kier molecular flexibility index (Phi) is 7.74. The summed E-state index contributed by atoms with van der Waals surface area (Å²) in [6.07, 6.45) is 1.53. The molecule has 0 aliphatic heterocycles. The maximum absolute atomic E-state index is 12.9. The molecule has 7 nitrogen and oxygen atoms in total. The van der Waals surface area contributed by atoms with E-state index >= 15 is 0 Å². The van der Waals surface area contributed by atoms with Crippen LogP contribution in [0.2, 0.25) is 0 Å². The van der Waals surface area contributed by atoms with Crippen LogP contribution in [0.3, 0.4) is 0 Å². The standard InChI is InChI=1S/C26H32N4O3S/c1-6-29(34(32,33)16-15-21-12-8-7-9-13-21)19-25(31)27-24-18-23(26(3,4)5)28-30(24)22-14-10-11-20(2)17-22/h7-18H,6,19H2,1-5H3,(H,27,31)/b16-15+. The molecule has 1 heterocycles. The first-order valence-corrected chi connectivity index (χ1v) is 12.7. The zero-order chi connectivity index (χ0) is 24.9. The first-order valence-electron chi connectivity index (χ1n) is 11.2. The molecule has 180 valence electrons. The van der Waals surface area contributed by atoms with Crippen LogP contribution in [-0.2, 0) is 20.2 Å². The Morgan fingerprint density at radius 2 is 1.79 bits per heavy atom. The minimum absolute atomic E-state index is 0.166. The third-order valence-corrected chi connectivity index (χ3v) is 6.84. The molecule has 0 aliphatic carbocycles. The summed E-state index contributed by atoms with van der Waals surface area (Å²) in [5, 5.41) is 8.71. The molecule has 8 heteroatoms. The molecule has 0 atom stereocenters. The zero-order valence-corrected chi connectivity index (χ0v) is 21.1. The molecule has 1 N–H and O–H groups in total. The van der Waals surface area contributed by atoms with Crippen molar-refractivity contribution in [3.8, 4) is 5.69 Å². The van der Waals surface area contributed by atoms with Gasteiger partial charge in [0.25, 0.3) is 0 Å². The second-order valence-corrected chi connectivity index (χ2v) is 11.0. The van der Waals surface area contributed by atoms with Gasteiger partial charge in [-0.05, 0) is 36.3 Å². The van der Waals surface area contributed by atoms with Crippen LogP contribution in [0.5, 0.6) is 0 Å². The average molecular weight is 481 g/mol. The lowest BCUT2D eigenvalue weighted by Crippen LogP contribution is -2.37. The van der Waals surface area contributed by atoms with Crippen molar-refractivity contribution < 1.29 is 13.2 Å². The number of sulfonamides is 1. The maximum Gasteiger partial charge on any atom is 0.240 e. The van der Waals surface area contributed by atoms with Crippen molar-refractivity contribution in [2.24, 2.45) is 0 Å². The predicted molar refractivity (Wildman–Crippen MR) is 137 cm³/mol. The predicted octanol–water partition coefficient (Wildman–Crippen LogP) is 4.74. The minimum atomic E-state index is -3.77. The normalized spacial score (nSPS) is 12.4. The lowest BCUT2D eigenvalue weighted by Gasteiger charge is -2.18. The Bertz CT molecular complexity index is 1270. The van der Waals surface area contributed by atoms with E-state index in [1.165, 1.54) is 6.08 Å². The SMILES string of the molecule is CCN(CC(=O)Nc1cc(C(C)(C)C)nn1-c1cccc(C)c1)S(=O)(=O)/C=C/c1ccccc1. The number of hydrogen-bond acceptors (Lipinski definition) is 4. The van der Waals surface area contributed by atoms with Gasteiger partial charge in [-0.1, -0.05) is 70.2 Å². The largest absolute Gasteiger partial charge is 0.309 e. The second kappa shape index (κ2) is 10.4. The van der Waals surface area contributed by atoms with Gasteiger partial charge in [-0.2, -0.15) is 9.40 Å². The van der Waals surface area contributed by atoms with Gasteiger partial charge >= 0.3 is 0 Å². The van der Waals surface area contributed by atoms with E-state index < -0.39 is 15.9 Å². The summed E-state index contributed by atoms with van der Waals surface area (Å²) in [6.45, 7) is 9.70. The Labute approximate surface area is 202 Å². The van der Waals surface area contributed by atoms with E-state index in [1.54, 1.807) is 11.6 Å². The van der Waals surface area contributed by atoms with Crippen LogP contribution in [0, 0.1) is 6.92 Å². The smallest absolute Gasteiger partial charge is 0.240 e. The summed E-state index contributed by atoms with van der Waals surface area (Å²) in [6, 6.07) is 18.8. The van der Waals surface area contributed by atoms with Gasteiger partial charge in [0.1, 0.15) is 5.82 Å². The average Bonchev–Trinajstić information content (AvgIpc) is 3.21. The molecule has 3 rings (SSSR count). The number of nitrogens with zero attached hydrogens (tertiary/aromatic N) is 3. The van der Waals surface area contributed by atoms with Crippen molar-refractivity contribution in [3.05, 3.63) is 82.9 Å². The third kappa shape index (κ3) is 6.42. The van der Waals surface area contributed by atoms with Crippen LogP contribution in [0.25, 0.3) is 11.8 Å². The van der Waals surface area contributed by atoms with Gasteiger partial charge in [0.15, 0.2) is 0 Å². The molecular weight excluding hydrogens is 448 g/mol. The summed E-state index contributed by atoms with van der Waals surface area (Å²) in [4.78, 5) is 12.9. The summed E-state index contributed by atoms with van der Waals surface area (Å²) >= 11 is 0. The van der Waals surface area contributed by atoms with Crippen molar-refractivity contribution in [2.75, 3.05) is 18.4 Å². The lowest BCUT2D eigenvalue weighted by molar-refractivity contribution is -0.116. The number of anilines is 1. The number of likely N-dealkylation sites (N-methyl/N-ethyl adjacent to an activating group) is 1. The van der Waals surface area contributed by atoms with E-state index in [1.807, 2.05) is 88.4 Å². The number of aryl methyl sites for hydroxylation is 1. The molecule has 0 spiro atoms. The van der Waals surface area contributed by atoms with Crippen LogP contribution in [0.1, 0.15) is 44.5 Å². The van der Waals surface area contributed by atoms with E-state index in [4.69, 9.17) is 5.10 Å². The van der Waals surface area contributed by atoms with Crippen LogP contribution in [-0.4, -0.2) is 41.5 Å². The molecule has 0 aliphatic rings. The Balaban J connectivity index is 1.83. The molecule has 0 saturated carbocycles. The van der Waals surface area contributed by atoms with E-state index in [0.29, 0.717) is 5.82 Å². The van der Waals surface area contributed by atoms with Gasteiger partial charge in [-0.25, -0.2) is 13.1 Å². The van der Waals surface area contributed by atoms with Crippen LogP contribution < -0.4 is 5.32 Å². The fraction of sp³-hybridized carbons (Fsp3) is 0.308. The number of amides is 1. The van der Waals surface area contributed by atoms with Gasteiger partial charge in [0, 0.05) is 23.4 Å². The molecule has 0 unspecified atom stereocenters. The molecule has 0 radical (unpaired) electrons. The summed E-state index contributed by atoms with van der Waals surface area (Å²) in [7, 11) is -3.77. The highest BCUT2D eigenvalue weighted by atomic mass is 32.2. The molecule has 1 aromatic heterocycles. The third-order valence-electron chi connectivity index (χ3n) is 5.26. The first-order chi connectivity index (χ1) is 16.0.